The molecule has 1 N–H and O–H groups in total. The zero-order chi connectivity index (χ0) is 20.2. The number of hydrogen-bond donors (Lipinski definition) is 1. The quantitative estimate of drug-likeness (QED) is 0.634. The number of nitrogens with zero attached hydrogens (tertiary/aromatic N) is 4. The molecule has 0 unspecified atom stereocenters. The molecule has 1 aromatic heterocycles. The second-order valence-corrected chi connectivity index (χ2v) is 8.63. The molecule has 152 valence electrons. The summed E-state index contributed by atoms with van der Waals surface area (Å²) in [5, 5.41) is 6.71. The van der Waals surface area contributed by atoms with Crippen LogP contribution in [0, 0.1) is 0 Å². The molecule has 1 fully saturated rings. The zero-order valence-electron chi connectivity index (χ0n) is 16.1. The van der Waals surface area contributed by atoms with E-state index in [0.717, 1.165) is 0 Å². The van der Waals surface area contributed by atoms with E-state index in [-0.39, 0.29) is 30.7 Å². The molecule has 11 heteroatoms. The number of nitrogens with one attached hydrogen (secondary N) is 1. The van der Waals surface area contributed by atoms with Crippen LogP contribution in [0.15, 0.2) is 6.20 Å². The SMILES string of the molecule is CCOC(=O)c1cnn(C)c1NC(=O)CN1CCC(N(C)S(C)(=O)=O)CC1. The molecule has 27 heavy (non-hydrogen) atoms. The smallest absolute Gasteiger partial charge is 0.343 e. The number of anilines is 1. The van der Waals surface area contributed by atoms with E-state index in [4.69, 9.17) is 4.74 Å². The van der Waals surface area contributed by atoms with E-state index >= 15 is 0 Å². The van der Waals surface area contributed by atoms with Crippen molar-refractivity contribution in [1.82, 2.24) is 19.0 Å². The van der Waals surface area contributed by atoms with Crippen molar-refractivity contribution in [2.24, 2.45) is 7.05 Å². The van der Waals surface area contributed by atoms with Crippen LogP contribution in [-0.2, 0) is 26.6 Å². The molecule has 10 nitrogen and oxygen atoms in total. The van der Waals surface area contributed by atoms with Crippen LogP contribution < -0.4 is 5.32 Å². The number of rotatable bonds is 7. The fourth-order valence-corrected chi connectivity index (χ4v) is 3.78. The molecule has 2 rings (SSSR count). The molecule has 0 atom stereocenters. The van der Waals surface area contributed by atoms with Crippen LogP contribution >= 0.6 is 0 Å². The van der Waals surface area contributed by atoms with Gasteiger partial charge in [-0.1, -0.05) is 0 Å². The minimum atomic E-state index is -3.22. The number of hydrogen-bond acceptors (Lipinski definition) is 7. The lowest BCUT2D eigenvalue weighted by Gasteiger charge is -2.35. The van der Waals surface area contributed by atoms with Gasteiger partial charge in [0.05, 0.1) is 25.6 Å². The summed E-state index contributed by atoms with van der Waals surface area (Å²) in [6, 6.07) is -0.0493. The van der Waals surface area contributed by atoms with Gasteiger partial charge in [-0.05, 0) is 19.8 Å². The maximum Gasteiger partial charge on any atom is 0.343 e. The molecule has 1 aliphatic rings. The number of amides is 1. The van der Waals surface area contributed by atoms with Gasteiger partial charge in [0, 0.05) is 33.2 Å². The first-order valence-electron chi connectivity index (χ1n) is 8.77. The van der Waals surface area contributed by atoms with E-state index < -0.39 is 16.0 Å². The molecule has 0 radical (unpaired) electrons. The van der Waals surface area contributed by atoms with E-state index in [2.05, 4.69) is 10.4 Å². The van der Waals surface area contributed by atoms with E-state index in [0.29, 0.717) is 31.7 Å². The van der Waals surface area contributed by atoms with Crippen LogP contribution in [0.5, 0.6) is 0 Å². The van der Waals surface area contributed by atoms with Crippen LogP contribution in [0.1, 0.15) is 30.1 Å². The third-order valence-electron chi connectivity index (χ3n) is 4.65. The summed E-state index contributed by atoms with van der Waals surface area (Å²) in [6.07, 6.45) is 3.88. The van der Waals surface area contributed by atoms with Crippen LogP contribution in [0.2, 0.25) is 0 Å². The normalized spacial score (nSPS) is 16.5. The number of esters is 1. The highest BCUT2D eigenvalue weighted by molar-refractivity contribution is 7.88. The lowest BCUT2D eigenvalue weighted by atomic mass is 10.1. The first-order valence-corrected chi connectivity index (χ1v) is 10.6. The van der Waals surface area contributed by atoms with E-state index in [1.807, 2.05) is 4.90 Å². The number of piperidine rings is 1. The lowest BCUT2D eigenvalue weighted by Crippen LogP contribution is -2.47. The molecule has 0 saturated carbocycles. The van der Waals surface area contributed by atoms with E-state index in [1.165, 1.54) is 21.4 Å². The predicted octanol–water partition coefficient (Wildman–Crippen LogP) is -0.109. The van der Waals surface area contributed by atoms with Gasteiger partial charge in [-0.25, -0.2) is 17.5 Å². The number of sulfonamides is 1. The maximum absolute atomic E-state index is 12.4. The molecule has 0 aromatic carbocycles. The van der Waals surface area contributed by atoms with Gasteiger partial charge in [0.2, 0.25) is 15.9 Å². The van der Waals surface area contributed by atoms with Gasteiger partial charge in [-0.3, -0.25) is 14.4 Å². The lowest BCUT2D eigenvalue weighted by molar-refractivity contribution is -0.117. The largest absolute Gasteiger partial charge is 0.462 e. The van der Waals surface area contributed by atoms with Gasteiger partial charge >= 0.3 is 5.97 Å². The Bertz CT molecular complexity index is 783. The summed E-state index contributed by atoms with van der Waals surface area (Å²) >= 11 is 0. The van der Waals surface area contributed by atoms with Crippen molar-refractivity contribution < 1.29 is 22.7 Å². The van der Waals surface area contributed by atoms with Crippen LogP contribution in [0.4, 0.5) is 5.82 Å². The molecule has 1 aliphatic heterocycles. The average molecular weight is 401 g/mol. The van der Waals surface area contributed by atoms with E-state index in [9.17, 15) is 18.0 Å². The third-order valence-corrected chi connectivity index (χ3v) is 6.00. The van der Waals surface area contributed by atoms with Crippen LogP contribution in [0.25, 0.3) is 0 Å². The van der Waals surface area contributed by atoms with Crippen LogP contribution in [-0.4, -0.2) is 84.9 Å². The van der Waals surface area contributed by atoms with Gasteiger partial charge in [-0.15, -0.1) is 0 Å². The summed E-state index contributed by atoms with van der Waals surface area (Å²) in [5.41, 5.74) is 0.209. The summed E-state index contributed by atoms with van der Waals surface area (Å²) in [7, 11) is -0.00291. The number of carbonyl (C=O) groups excluding carboxylic acids is 2. The van der Waals surface area contributed by atoms with Crippen molar-refractivity contribution >= 4 is 27.7 Å². The second kappa shape index (κ2) is 8.81. The van der Waals surface area contributed by atoms with E-state index in [1.54, 1.807) is 21.0 Å². The Morgan fingerprint density at radius 3 is 2.56 bits per heavy atom. The van der Waals surface area contributed by atoms with Gasteiger partial charge in [0.15, 0.2) is 0 Å². The molecular formula is C16H27N5O5S. The summed E-state index contributed by atoms with van der Waals surface area (Å²) in [5.74, 6) is -0.505. The van der Waals surface area contributed by atoms with Crippen LogP contribution in [0.3, 0.4) is 0 Å². The van der Waals surface area contributed by atoms with Gasteiger partial charge in [0.1, 0.15) is 11.4 Å². The Hall–Kier alpha value is -1.98. The Morgan fingerprint density at radius 1 is 1.37 bits per heavy atom. The number of aryl methyl sites for hydroxylation is 1. The molecule has 2 heterocycles. The molecule has 0 spiro atoms. The van der Waals surface area contributed by atoms with Crippen molar-refractivity contribution in [1.29, 1.82) is 0 Å². The first-order chi connectivity index (χ1) is 12.6. The molecule has 0 aliphatic carbocycles. The average Bonchev–Trinajstić information content (AvgIpc) is 2.95. The highest BCUT2D eigenvalue weighted by Gasteiger charge is 2.28. The van der Waals surface area contributed by atoms with Crippen molar-refractivity contribution in [2.45, 2.75) is 25.8 Å². The Balaban J connectivity index is 1.91. The van der Waals surface area contributed by atoms with Gasteiger partial charge < -0.3 is 10.1 Å². The van der Waals surface area contributed by atoms with Gasteiger partial charge in [0.25, 0.3) is 0 Å². The number of ether oxygens (including phenoxy) is 1. The monoisotopic (exact) mass is 401 g/mol. The fourth-order valence-electron chi connectivity index (χ4n) is 3.03. The number of likely N-dealkylation sites (tertiary alicyclic amines) is 1. The minimum Gasteiger partial charge on any atom is -0.462 e. The summed E-state index contributed by atoms with van der Waals surface area (Å²) < 4.78 is 31.0. The standard InChI is InChI=1S/C16H27N5O5S/c1-5-26-16(23)13-10-17-19(2)15(13)18-14(22)11-21-8-6-12(7-9-21)20(3)27(4,24)25/h10,12H,5-9,11H2,1-4H3,(H,18,22). The summed E-state index contributed by atoms with van der Waals surface area (Å²) in [6.45, 7) is 3.33. The third kappa shape index (κ3) is 5.50. The Labute approximate surface area is 159 Å². The summed E-state index contributed by atoms with van der Waals surface area (Å²) in [4.78, 5) is 26.3. The highest BCUT2D eigenvalue weighted by atomic mass is 32.2. The van der Waals surface area contributed by atoms with Crippen molar-refractivity contribution in [3.63, 3.8) is 0 Å². The number of carbonyl (C=O) groups is 2. The topological polar surface area (TPSA) is 114 Å². The molecule has 0 bridgehead atoms. The van der Waals surface area contributed by atoms with Crippen molar-refractivity contribution in [2.75, 3.05) is 44.9 Å². The van der Waals surface area contributed by atoms with Crippen molar-refractivity contribution in [3.05, 3.63) is 11.8 Å². The molecular weight excluding hydrogens is 374 g/mol. The molecule has 1 amide bonds. The minimum absolute atomic E-state index is 0.0493. The molecule has 1 aromatic rings. The fraction of sp³-hybridized carbons (Fsp3) is 0.688. The predicted molar refractivity (Wildman–Crippen MR) is 99.9 cm³/mol. The van der Waals surface area contributed by atoms with Crippen molar-refractivity contribution in [3.8, 4) is 0 Å². The zero-order valence-corrected chi connectivity index (χ0v) is 17.0. The van der Waals surface area contributed by atoms with Gasteiger partial charge in [-0.2, -0.15) is 5.10 Å². The highest BCUT2D eigenvalue weighted by Crippen LogP contribution is 2.18. The Morgan fingerprint density at radius 2 is 2.00 bits per heavy atom. The molecule has 1 saturated heterocycles. The number of aromatic nitrogens is 2. The Kier molecular flexibility index (Phi) is 6.95. The maximum atomic E-state index is 12.4. The first kappa shape index (κ1) is 21.3. The second-order valence-electron chi connectivity index (χ2n) is 6.59.